The number of rotatable bonds is 22. The predicted octanol–water partition coefficient (Wildman–Crippen LogP) is 0.871. The molecule has 0 aromatic heterocycles. The second-order valence-corrected chi connectivity index (χ2v) is 10.4. The summed E-state index contributed by atoms with van der Waals surface area (Å²) in [6.07, 6.45) is -3.05. The van der Waals surface area contributed by atoms with E-state index in [1.807, 2.05) is 0 Å². The molecule has 0 aliphatic rings. The normalized spacial score (nSPS) is 14.8. The van der Waals surface area contributed by atoms with Crippen LogP contribution >= 0.6 is 0 Å². The molecule has 14 heteroatoms. The van der Waals surface area contributed by atoms with E-state index in [1.54, 1.807) is 6.92 Å². The summed E-state index contributed by atoms with van der Waals surface area (Å²) in [5.74, 6) is -1.30. The van der Waals surface area contributed by atoms with E-state index < -0.39 is 35.7 Å². The van der Waals surface area contributed by atoms with Crippen molar-refractivity contribution in [2.45, 2.75) is 25.2 Å². The minimum atomic E-state index is -1.11. The summed E-state index contributed by atoms with van der Waals surface area (Å²) in [7, 11) is 1.46. The van der Waals surface area contributed by atoms with Gasteiger partial charge >= 0.3 is 11.9 Å². The number of carbonyl (C=O) groups is 2. The molecular weight excluding hydrogens is 584 g/mol. The molecule has 2 rings (SSSR count). The van der Waals surface area contributed by atoms with Crippen LogP contribution in [-0.4, -0.2) is 129 Å². The van der Waals surface area contributed by atoms with Gasteiger partial charge in [0.1, 0.15) is 49.8 Å². The lowest BCUT2D eigenvalue weighted by Crippen LogP contribution is -2.37. The fraction of sp³-hybridized carbons (Fsp3) is 0.533. The fourth-order valence-electron chi connectivity index (χ4n) is 3.58. The Bertz CT molecular complexity index is 1090. The number of aromatic hydroxyl groups is 2. The molecule has 0 saturated heterocycles. The molecule has 0 spiro atoms. The van der Waals surface area contributed by atoms with Crippen molar-refractivity contribution in [2.24, 2.45) is 5.41 Å². The fourth-order valence-corrected chi connectivity index (χ4v) is 3.58. The number of esters is 2. The van der Waals surface area contributed by atoms with Gasteiger partial charge < -0.3 is 58.7 Å². The summed E-state index contributed by atoms with van der Waals surface area (Å²) in [5, 5.41) is 48.7. The highest BCUT2D eigenvalue weighted by molar-refractivity contribution is 5.90. The number of hydrogen-bond donors (Lipinski definition) is 5. The topological polar surface area (TPSA) is 200 Å². The average Bonchev–Trinajstić information content (AvgIpc) is 2.99. The van der Waals surface area contributed by atoms with Gasteiger partial charge in [-0.1, -0.05) is 6.92 Å². The van der Waals surface area contributed by atoms with Crippen molar-refractivity contribution in [1.82, 2.24) is 0 Å². The summed E-state index contributed by atoms with van der Waals surface area (Å²) in [6, 6.07) is 11.0. The summed E-state index contributed by atoms with van der Waals surface area (Å²) < 4.78 is 37.2. The first-order chi connectivity index (χ1) is 21.0. The number of ether oxygens (including phenoxy) is 7. The second kappa shape index (κ2) is 19.8. The van der Waals surface area contributed by atoms with Crippen molar-refractivity contribution in [3.63, 3.8) is 0 Å². The first-order valence-corrected chi connectivity index (χ1v) is 13.8. The van der Waals surface area contributed by atoms with E-state index in [1.165, 1.54) is 55.6 Å². The highest BCUT2D eigenvalue weighted by atomic mass is 16.7. The van der Waals surface area contributed by atoms with Crippen molar-refractivity contribution >= 4 is 11.9 Å². The summed E-state index contributed by atoms with van der Waals surface area (Å²) in [6.45, 7) is 0.978. The van der Waals surface area contributed by atoms with Gasteiger partial charge in [-0.15, -0.1) is 0 Å². The highest BCUT2D eigenvalue weighted by Gasteiger charge is 2.27. The maximum atomic E-state index is 12.1. The molecule has 0 bridgehead atoms. The Morgan fingerprint density at radius 2 is 1.00 bits per heavy atom. The van der Waals surface area contributed by atoms with Crippen molar-refractivity contribution in [3.05, 3.63) is 59.7 Å². The average molecular weight is 627 g/mol. The van der Waals surface area contributed by atoms with Gasteiger partial charge in [0.2, 0.25) is 0 Å². The maximum Gasteiger partial charge on any atom is 0.338 e. The molecule has 0 aliphatic carbocycles. The number of methoxy groups -OCH3 is 1. The molecule has 0 radical (unpaired) electrons. The minimum absolute atomic E-state index is 0.00479. The van der Waals surface area contributed by atoms with Crippen LogP contribution in [0.2, 0.25) is 0 Å². The van der Waals surface area contributed by atoms with E-state index in [-0.39, 0.29) is 88.9 Å². The van der Waals surface area contributed by atoms with E-state index in [4.69, 9.17) is 33.2 Å². The van der Waals surface area contributed by atoms with Crippen LogP contribution in [0, 0.1) is 5.41 Å². The Balaban J connectivity index is 1.73. The first-order valence-electron chi connectivity index (χ1n) is 13.8. The van der Waals surface area contributed by atoms with Crippen molar-refractivity contribution in [2.75, 3.05) is 73.4 Å². The molecule has 44 heavy (non-hydrogen) atoms. The van der Waals surface area contributed by atoms with E-state index in [2.05, 4.69) is 0 Å². The first kappa shape index (κ1) is 36.8. The number of benzene rings is 2. The third-order valence-electron chi connectivity index (χ3n) is 5.83. The van der Waals surface area contributed by atoms with Gasteiger partial charge in [0, 0.05) is 12.5 Å². The largest absolute Gasteiger partial charge is 0.508 e. The minimum Gasteiger partial charge on any atom is -0.508 e. The van der Waals surface area contributed by atoms with Crippen LogP contribution in [0.4, 0.5) is 0 Å². The Kier molecular flexibility index (Phi) is 16.6. The van der Waals surface area contributed by atoms with Gasteiger partial charge in [0.15, 0.2) is 0 Å². The van der Waals surface area contributed by atoms with E-state index >= 15 is 0 Å². The van der Waals surface area contributed by atoms with Crippen molar-refractivity contribution in [1.29, 1.82) is 0 Å². The molecular formula is C30H42O14. The van der Waals surface area contributed by atoms with E-state index in [0.717, 1.165) is 0 Å². The molecule has 0 fully saturated rings. The van der Waals surface area contributed by atoms with Crippen molar-refractivity contribution < 1.29 is 68.3 Å². The summed E-state index contributed by atoms with van der Waals surface area (Å²) in [5.41, 5.74) is -0.310. The number of carbonyl (C=O) groups excluding carboxylic acids is 2. The summed E-state index contributed by atoms with van der Waals surface area (Å²) >= 11 is 0. The standard InChI is InChI=1S/C30H42O14/c1-30(17-39-12-25(33)11-38-2,18-40-13-26(34)15-43-28(36)21-3-7-23(31)8-4-21)19-42-20-41-14-27(35)16-44-29(37)22-5-9-24(32)10-6-22/h3-10,25-27,31-35H,11-20H2,1-2H3. The van der Waals surface area contributed by atoms with Crippen LogP contribution in [0.15, 0.2) is 48.5 Å². The van der Waals surface area contributed by atoms with Crippen molar-refractivity contribution in [3.8, 4) is 11.5 Å². The maximum absolute atomic E-state index is 12.1. The molecule has 5 N–H and O–H groups in total. The molecule has 0 aliphatic heterocycles. The van der Waals surface area contributed by atoms with Crippen LogP contribution in [0.1, 0.15) is 27.6 Å². The zero-order chi connectivity index (χ0) is 32.4. The van der Waals surface area contributed by atoms with Gasteiger partial charge in [0.05, 0.1) is 57.4 Å². The predicted molar refractivity (Wildman–Crippen MR) is 153 cm³/mol. The number of aliphatic hydroxyl groups excluding tert-OH is 3. The molecule has 0 saturated carbocycles. The lowest BCUT2D eigenvalue weighted by atomic mass is 9.94. The molecule has 0 amide bonds. The molecule has 246 valence electrons. The molecule has 4 atom stereocenters. The monoisotopic (exact) mass is 626 g/mol. The van der Waals surface area contributed by atoms with Gasteiger partial charge in [-0.3, -0.25) is 0 Å². The van der Waals surface area contributed by atoms with E-state index in [9.17, 15) is 35.1 Å². The number of phenols is 2. The molecule has 4 unspecified atom stereocenters. The molecule has 2 aromatic rings. The van der Waals surface area contributed by atoms with Crippen LogP contribution < -0.4 is 0 Å². The van der Waals surface area contributed by atoms with Gasteiger partial charge in [0.25, 0.3) is 0 Å². The Morgan fingerprint density at radius 3 is 1.43 bits per heavy atom. The van der Waals surface area contributed by atoms with Gasteiger partial charge in [-0.25, -0.2) is 9.59 Å². The lowest BCUT2D eigenvalue weighted by molar-refractivity contribution is -0.133. The molecule has 0 heterocycles. The van der Waals surface area contributed by atoms with Crippen LogP contribution in [0.5, 0.6) is 11.5 Å². The lowest BCUT2D eigenvalue weighted by Gasteiger charge is -2.29. The zero-order valence-corrected chi connectivity index (χ0v) is 24.8. The Morgan fingerprint density at radius 1 is 0.614 bits per heavy atom. The van der Waals surface area contributed by atoms with Crippen LogP contribution in [0.25, 0.3) is 0 Å². The smallest absolute Gasteiger partial charge is 0.338 e. The number of hydrogen-bond acceptors (Lipinski definition) is 14. The van der Waals surface area contributed by atoms with Gasteiger partial charge in [-0.2, -0.15) is 0 Å². The second-order valence-electron chi connectivity index (χ2n) is 10.4. The number of phenolic OH excluding ortho intramolecular Hbond substituents is 2. The SMILES string of the molecule is COCC(O)COCC(C)(COCOCC(O)COC(=O)c1ccc(O)cc1)COCC(O)COC(=O)c1ccc(O)cc1. The van der Waals surface area contributed by atoms with Crippen LogP contribution in [0.3, 0.4) is 0 Å². The van der Waals surface area contributed by atoms with E-state index in [0.29, 0.717) is 0 Å². The number of aliphatic hydroxyl groups is 3. The third kappa shape index (κ3) is 14.9. The Hall–Kier alpha value is -3.34. The van der Waals surface area contributed by atoms with Gasteiger partial charge in [-0.05, 0) is 48.5 Å². The van der Waals surface area contributed by atoms with Crippen LogP contribution in [-0.2, 0) is 33.2 Å². The Labute approximate surface area is 255 Å². The summed E-state index contributed by atoms with van der Waals surface area (Å²) in [4.78, 5) is 24.1. The quantitative estimate of drug-likeness (QED) is 0.0700. The third-order valence-corrected chi connectivity index (χ3v) is 5.83. The highest BCUT2D eigenvalue weighted by Crippen LogP contribution is 2.19. The molecule has 14 nitrogen and oxygen atoms in total. The zero-order valence-electron chi connectivity index (χ0n) is 24.8. The molecule has 2 aromatic carbocycles.